The van der Waals surface area contributed by atoms with Crippen LogP contribution in [-0.2, 0) is 9.84 Å². The van der Waals surface area contributed by atoms with Crippen LogP contribution in [0.15, 0.2) is 24.5 Å². The number of nitrogens with zero attached hydrogens (tertiary/aromatic N) is 3. The van der Waals surface area contributed by atoms with Crippen LogP contribution in [0.4, 0.5) is 10.2 Å². The first kappa shape index (κ1) is 13.2. The van der Waals surface area contributed by atoms with Gasteiger partial charge in [-0.15, -0.1) is 0 Å². The Balaban J connectivity index is 2.03. The van der Waals surface area contributed by atoms with Gasteiger partial charge in [-0.3, -0.25) is 0 Å². The smallest absolute Gasteiger partial charge is 0.152 e. The predicted molar refractivity (Wildman–Crippen MR) is 75.0 cm³/mol. The monoisotopic (exact) mass is 295 g/mol. The van der Waals surface area contributed by atoms with Crippen LogP contribution in [0.2, 0.25) is 0 Å². The van der Waals surface area contributed by atoms with Crippen molar-refractivity contribution in [2.75, 3.05) is 23.5 Å². The van der Waals surface area contributed by atoms with Gasteiger partial charge >= 0.3 is 0 Å². The Hall–Kier alpha value is -1.76. The Bertz CT molecular complexity index is 763. The largest absolute Gasteiger partial charge is 0.355 e. The van der Waals surface area contributed by atoms with E-state index < -0.39 is 9.84 Å². The summed E-state index contributed by atoms with van der Waals surface area (Å²) in [4.78, 5) is 10.1. The van der Waals surface area contributed by atoms with E-state index in [9.17, 15) is 12.8 Å². The van der Waals surface area contributed by atoms with E-state index in [1.165, 1.54) is 18.5 Å². The second kappa shape index (κ2) is 4.66. The summed E-state index contributed by atoms with van der Waals surface area (Å²) in [6.07, 6.45) is 1.98. The molecule has 2 aromatic rings. The maximum absolute atomic E-state index is 13.4. The number of anilines is 1. The van der Waals surface area contributed by atoms with Crippen LogP contribution in [0.25, 0.3) is 10.9 Å². The number of fused-ring (bicyclic) bond motifs is 1. The van der Waals surface area contributed by atoms with Crippen LogP contribution in [0.1, 0.15) is 6.42 Å². The van der Waals surface area contributed by atoms with Gasteiger partial charge in [-0.2, -0.15) is 0 Å². The molecule has 5 nitrogen and oxygen atoms in total. The first-order chi connectivity index (χ1) is 9.46. The molecule has 1 aliphatic heterocycles. The standard InChI is InChI=1S/C13H14FN3O2S/c1-17(10-4-5-20(18,19)7-10)13-11-6-9(14)2-3-12(11)15-8-16-13/h2-3,6,8,10H,4-5,7H2,1H3. The summed E-state index contributed by atoms with van der Waals surface area (Å²) in [6.45, 7) is 0. The molecule has 0 amide bonds. The fraction of sp³-hybridized carbons (Fsp3) is 0.385. The van der Waals surface area contributed by atoms with E-state index in [1.54, 1.807) is 13.1 Å². The van der Waals surface area contributed by atoms with Gasteiger partial charge in [-0.25, -0.2) is 22.8 Å². The summed E-state index contributed by atoms with van der Waals surface area (Å²) in [5, 5.41) is 0.597. The van der Waals surface area contributed by atoms with E-state index in [2.05, 4.69) is 9.97 Å². The highest BCUT2D eigenvalue weighted by molar-refractivity contribution is 7.91. The van der Waals surface area contributed by atoms with Gasteiger partial charge in [-0.1, -0.05) is 0 Å². The van der Waals surface area contributed by atoms with Crippen molar-refractivity contribution in [1.82, 2.24) is 9.97 Å². The van der Waals surface area contributed by atoms with Gasteiger partial charge in [-0.05, 0) is 24.6 Å². The molecule has 0 saturated carbocycles. The number of benzene rings is 1. The van der Waals surface area contributed by atoms with Crippen molar-refractivity contribution in [2.45, 2.75) is 12.5 Å². The third-order valence-electron chi connectivity index (χ3n) is 3.67. The highest BCUT2D eigenvalue weighted by atomic mass is 32.2. The minimum Gasteiger partial charge on any atom is -0.355 e. The van der Waals surface area contributed by atoms with Crippen LogP contribution in [0.5, 0.6) is 0 Å². The molecule has 3 rings (SSSR count). The molecule has 1 unspecified atom stereocenters. The van der Waals surface area contributed by atoms with E-state index in [-0.39, 0.29) is 23.4 Å². The number of hydrogen-bond acceptors (Lipinski definition) is 5. The van der Waals surface area contributed by atoms with Crippen molar-refractivity contribution >= 4 is 26.6 Å². The molecule has 2 heterocycles. The van der Waals surface area contributed by atoms with Crippen molar-refractivity contribution in [1.29, 1.82) is 0 Å². The van der Waals surface area contributed by atoms with Crippen molar-refractivity contribution in [3.63, 3.8) is 0 Å². The van der Waals surface area contributed by atoms with E-state index in [0.29, 0.717) is 23.1 Å². The molecule has 20 heavy (non-hydrogen) atoms. The Labute approximate surface area is 116 Å². The Morgan fingerprint density at radius 3 is 2.85 bits per heavy atom. The average Bonchev–Trinajstić information content (AvgIpc) is 2.77. The molecule has 1 atom stereocenters. The molecule has 0 aliphatic carbocycles. The van der Waals surface area contributed by atoms with Gasteiger partial charge in [0.25, 0.3) is 0 Å². The van der Waals surface area contributed by atoms with Crippen molar-refractivity contribution in [3.8, 4) is 0 Å². The van der Waals surface area contributed by atoms with Gasteiger partial charge in [0, 0.05) is 18.5 Å². The first-order valence-electron chi connectivity index (χ1n) is 6.30. The quantitative estimate of drug-likeness (QED) is 0.838. The zero-order chi connectivity index (χ0) is 14.3. The first-order valence-corrected chi connectivity index (χ1v) is 8.12. The van der Waals surface area contributed by atoms with E-state index in [0.717, 1.165) is 0 Å². The molecule has 7 heteroatoms. The minimum absolute atomic E-state index is 0.115. The number of rotatable bonds is 2. The molecule has 1 saturated heterocycles. The highest BCUT2D eigenvalue weighted by Gasteiger charge is 2.31. The lowest BCUT2D eigenvalue weighted by Crippen LogP contribution is -2.33. The summed E-state index contributed by atoms with van der Waals surface area (Å²) in [6, 6.07) is 4.19. The lowest BCUT2D eigenvalue weighted by molar-refractivity contribution is 0.600. The van der Waals surface area contributed by atoms with Crippen molar-refractivity contribution in [3.05, 3.63) is 30.3 Å². The van der Waals surface area contributed by atoms with Crippen LogP contribution in [0, 0.1) is 5.82 Å². The molecule has 1 aliphatic rings. The van der Waals surface area contributed by atoms with Gasteiger partial charge in [0.2, 0.25) is 0 Å². The summed E-state index contributed by atoms with van der Waals surface area (Å²) >= 11 is 0. The van der Waals surface area contributed by atoms with Crippen LogP contribution >= 0.6 is 0 Å². The van der Waals surface area contributed by atoms with E-state index in [1.807, 2.05) is 4.90 Å². The minimum atomic E-state index is -2.97. The average molecular weight is 295 g/mol. The number of aromatic nitrogens is 2. The molecule has 1 aromatic heterocycles. The van der Waals surface area contributed by atoms with Crippen molar-refractivity contribution < 1.29 is 12.8 Å². The number of hydrogen-bond donors (Lipinski definition) is 0. The molecule has 0 bridgehead atoms. The van der Waals surface area contributed by atoms with E-state index >= 15 is 0 Å². The Morgan fingerprint density at radius 2 is 2.15 bits per heavy atom. The molecular formula is C13H14FN3O2S. The van der Waals surface area contributed by atoms with Crippen LogP contribution < -0.4 is 4.90 Å². The summed E-state index contributed by atoms with van der Waals surface area (Å²) in [7, 11) is -1.18. The topological polar surface area (TPSA) is 63.2 Å². The normalized spacial score (nSPS) is 21.2. The maximum Gasteiger partial charge on any atom is 0.152 e. The zero-order valence-corrected chi connectivity index (χ0v) is 11.8. The van der Waals surface area contributed by atoms with Gasteiger partial charge in [0.15, 0.2) is 9.84 Å². The lowest BCUT2D eigenvalue weighted by atomic mass is 10.2. The van der Waals surface area contributed by atoms with Crippen LogP contribution in [-0.4, -0.2) is 43.0 Å². The molecule has 1 fully saturated rings. The molecule has 0 spiro atoms. The SMILES string of the molecule is CN(c1ncnc2ccc(F)cc12)C1CCS(=O)(=O)C1. The number of halogens is 1. The number of sulfone groups is 1. The highest BCUT2D eigenvalue weighted by Crippen LogP contribution is 2.27. The zero-order valence-electron chi connectivity index (χ0n) is 11.0. The third kappa shape index (κ3) is 2.33. The fourth-order valence-electron chi connectivity index (χ4n) is 2.55. The summed E-state index contributed by atoms with van der Waals surface area (Å²) in [5.74, 6) is 0.515. The molecule has 0 radical (unpaired) electrons. The summed E-state index contributed by atoms with van der Waals surface area (Å²) in [5.41, 5.74) is 0.643. The second-order valence-corrected chi connectivity index (χ2v) is 7.26. The maximum atomic E-state index is 13.4. The van der Waals surface area contributed by atoms with Gasteiger partial charge < -0.3 is 4.90 Å². The van der Waals surface area contributed by atoms with Crippen LogP contribution in [0.3, 0.4) is 0 Å². The van der Waals surface area contributed by atoms with Gasteiger partial charge in [0.1, 0.15) is 18.0 Å². The Morgan fingerprint density at radius 1 is 1.35 bits per heavy atom. The third-order valence-corrected chi connectivity index (χ3v) is 5.42. The molecule has 106 valence electrons. The molecular weight excluding hydrogens is 281 g/mol. The fourth-order valence-corrected chi connectivity index (χ4v) is 4.32. The predicted octanol–water partition coefficient (Wildman–Crippen LogP) is 1.39. The Kier molecular flexibility index (Phi) is 3.08. The van der Waals surface area contributed by atoms with Crippen molar-refractivity contribution in [2.24, 2.45) is 0 Å². The second-order valence-electron chi connectivity index (χ2n) is 5.03. The molecule has 0 N–H and O–H groups in total. The van der Waals surface area contributed by atoms with E-state index in [4.69, 9.17) is 0 Å². The summed E-state index contributed by atoms with van der Waals surface area (Å²) < 4.78 is 36.6. The molecule has 1 aromatic carbocycles. The van der Waals surface area contributed by atoms with Gasteiger partial charge in [0.05, 0.1) is 17.0 Å². The lowest BCUT2D eigenvalue weighted by Gasteiger charge is -2.25.